The van der Waals surface area contributed by atoms with E-state index in [1.807, 2.05) is 0 Å². The molecule has 0 bridgehead atoms. The molecule has 0 unspecified atom stereocenters. The Hall–Kier alpha value is -2.56. The third-order valence-corrected chi connectivity index (χ3v) is 7.65. The molecule has 0 saturated heterocycles. The molecule has 0 aliphatic heterocycles. The zero-order valence-electron chi connectivity index (χ0n) is 23.1. The molecular weight excluding hydrogens is 536 g/mol. The average molecular weight is 576 g/mol. The van der Waals surface area contributed by atoms with E-state index in [1.54, 1.807) is 0 Å². The van der Waals surface area contributed by atoms with E-state index in [0.717, 1.165) is 77.3 Å². The monoisotopic (exact) mass is 575 g/mol. The fourth-order valence-corrected chi connectivity index (χ4v) is 5.49. The van der Waals surface area contributed by atoms with Gasteiger partial charge in [0, 0.05) is 18.6 Å². The molecule has 2 aromatic rings. The minimum absolute atomic E-state index is 0.0593. The highest BCUT2D eigenvalue weighted by Crippen LogP contribution is 2.36. The number of anilines is 2. The van der Waals surface area contributed by atoms with Gasteiger partial charge in [0.15, 0.2) is 0 Å². The molecule has 40 heavy (non-hydrogen) atoms. The molecule has 5 nitrogen and oxygen atoms in total. The van der Waals surface area contributed by atoms with E-state index in [2.05, 4.69) is 29.4 Å². The van der Waals surface area contributed by atoms with Crippen molar-refractivity contribution in [1.29, 1.82) is 0 Å². The van der Waals surface area contributed by atoms with Crippen LogP contribution in [0.5, 0.6) is 0 Å². The number of benzene rings is 1. The number of unbranched alkanes of at least 4 members (excludes halogenated alkanes) is 4. The molecule has 1 aliphatic rings. The molecule has 1 aliphatic carbocycles. The number of alkyl halides is 6. The number of rotatable bonds is 14. The maximum absolute atomic E-state index is 13.2. The summed E-state index contributed by atoms with van der Waals surface area (Å²) in [5, 5.41) is 5.89. The first-order valence-electron chi connectivity index (χ1n) is 14.2. The van der Waals surface area contributed by atoms with Gasteiger partial charge in [0.2, 0.25) is 0 Å². The first-order valence-corrected chi connectivity index (χ1v) is 14.2. The van der Waals surface area contributed by atoms with Crippen LogP contribution in [-0.2, 0) is 18.9 Å². The van der Waals surface area contributed by atoms with Crippen molar-refractivity contribution in [2.75, 3.05) is 23.7 Å². The third kappa shape index (κ3) is 8.24. The molecule has 0 amide bonds. The van der Waals surface area contributed by atoms with Gasteiger partial charge in [-0.05, 0) is 62.5 Å². The second-order valence-corrected chi connectivity index (χ2v) is 10.7. The molecule has 11 heteroatoms. The van der Waals surface area contributed by atoms with Crippen LogP contribution in [0.1, 0.15) is 94.7 Å². The van der Waals surface area contributed by atoms with Crippen molar-refractivity contribution in [3.05, 3.63) is 55.3 Å². The summed E-state index contributed by atoms with van der Waals surface area (Å²) in [5.74, 6) is 0. The molecule has 0 radical (unpaired) electrons. The Morgan fingerprint density at radius 3 is 1.82 bits per heavy atom. The Morgan fingerprint density at radius 1 is 0.775 bits per heavy atom. The highest BCUT2D eigenvalue weighted by molar-refractivity contribution is 5.74. The lowest BCUT2D eigenvalue weighted by Gasteiger charge is -2.41. The smallest absolute Gasteiger partial charge is 0.376 e. The van der Waals surface area contributed by atoms with Crippen molar-refractivity contribution in [3.63, 3.8) is 0 Å². The van der Waals surface area contributed by atoms with Crippen molar-refractivity contribution < 1.29 is 26.3 Å². The fraction of sp³-hybridized carbons (Fsp3) is 0.655. The molecular formula is C29H39F6N3O2. The Bertz CT molecular complexity index is 1130. The quantitative estimate of drug-likeness (QED) is 0.140. The van der Waals surface area contributed by atoms with Gasteiger partial charge in [-0.3, -0.25) is 14.5 Å². The van der Waals surface area contributed by atoms with E-state index in [1.165, 1.54) is 0 Å². The Labute approximate surface area is 231 Å². The van der Waals surface area contributed by atoms with Crippen LogP contribution in [0.25, 0.3) is 0 Å². The second kappa shape index (κ2) is 13.9. The van der Waals surface area contributed by atoms with Gasteiger partial charge in [-0.1, -0.05) is 52.4 Å². The maximum Gasteiger partial charge on any atom is 0.416 e. The zero-order chi connectivity index (χ0) is 29.5. The number of nitrogens with zero attached hydrogens (tertiary/aromatic N) is 1. The summed E-state index contributed by atoms with van der Waals surface area (Å²) in [6.45, 7) is 5.70. The van der Waals surface area contributed by atoms with Gasteiger partial charge in [0.25, 0.3) is 10.9 Å². The van der Waals surface area contributed by atoms with Crippen molar-refractivity contribution in [2.45, 2.75) is 109 Å². The van der Waals surface area contributed by atoms with Crippen LogP contribution in [0.4, 0.5) is 37.7 Å². The summed E-state index contributed by atoms with van der Waals surface area (Å²) in [6.07, 6.45) is 0.367. The highest BCUT2D eigenvalue weighted by atomic mass is 19.4. The lowest BCUT2D eigenvalue weighted by molar-refractivity contribution is -0.143. The Balaban J connectivity index is 1.79. The molecule has 0 aromatic heterocycles. The fourth-order valence-electron chi connectivity index (χ4n) is 5.49. The lowest BCUT2D eigenvalue weighted by atomic mass is 9.88. The van der Waals surface area contributed by atoms with Gasteiger partial charge >= 0.3 is 12.4 Å². The minimum Gasteiger partial charge on any atom is -0.376 e. The molecule has 0 heterocycles. The minimum atomic E-state index is -4.97. The number of hydrogen-bond donors (Lipinski definition) is 2. The van der Waals surface area contributed by atoms with E-state index >= 15 is 0 Å². The van der Waals surface area contributed by atoms with Crippen LogP contribution < -0.4 is 21.5 Å². The van der Waals surface area contributed by atoms with Gasteiger partial charge in [0.1, 0.15) is 11.4 Å². The maximum atomic E-state index is 13.2. The predicted octanol–water partition coefficient (Wildman–Crippen LogP) is 7.34. The normalized spacial score (nSPS) is 18.4. The van der Waals surface area contributed by atoms with Gasteiger partial charge in [0.05, 0.1) is 11.1 Å². The first-order chi connectivity index (χ1) is 18.9. The molecule has 2 aromatic carbocycles. The van der Waals surface area contributed by atoms with Crippen LogP contribution in [0.2, 0.25) is 0 Å². The number of nitrogens with one attached hydrogen (secondary N) is 2. The zero-order valence-corrected chi connectivity index (χ0v) is 23.1. The summed E-state index contributed by atoms with van der Waals surface area (Å²) in [7, 11) is 0. The average Bonchev–Trinajstić information content (AvgIpc) is 2.90. The van der Waals surface area contributed by atoms with E-state index in [9.17, 15) is 35.9 Å². The summed E-state index contributed by atoms with van der Waals surface area (Å²) < 4.78 is 79.4. The Kier molecular flexibility index (Phi) is 11.1. The molecule has 1 saturated carbocycles. The summed E-state index contributed by atoms with van der Waals surface area (Å²) in [6, 6.07) is 1.36. The second-order valence-electron chi connectivity index (χ2n) is 10.7. The molecule has 1 fully saturated rings. The summed E-state index contributed by atoms with van der Waals surface area (Å²) in [4.78, 5) is 27.4. The van der Waals surface area contributed by atoms with Crippen molar-refractivity contribution >= 4 is 11.4 Å². The largest absolute Gasteiger partial charge is 0.416 e. The summed E-state index contributed by atoms with van der Waals surface area (Å²) >= 11 is 0. The number of hydrogen-bond acceptors (Lipinski definition) is 5. The van der Waals surface area contributed by atoms with Crippen LogP contribution in [0, 0.1) is 0 Å². The standard InChI is InChI=1S/C29H39F6N3O2/c1-3-5-9-13-38(14-10-6-4-2)23-12-8-7-11-22(23)37-25-24(26(39)27(25)40)36-18-19-15-20(28(30,31)32)17-21(16-19)29(33,34)35/h15-17,22-23,36-37H,3-14,18H2,1-2H3/t22-,23-/m1/s1. The van der Waals surface area contributed by atoms with Crippen LogP contribution in [0.3, 0.4) is 0 Å². The lowest BCUT2D eigenvalue weighted by Crippen LogP contribution is -2.51. The van der Waals surface area contributed by atoms with Crippen molar-refractivity contribution in [1.82, 2.24) is 4.90 Å². The van der Waals surface area contributed by atoms with E-state index in [4.69, 9.17) is 0 Å². The van der Waals surface area contributed by atoms with Gasteiger partial charge in [-0.15, -0.1) is 0 Å². The van der Waals surface area contributed by atoms with Gasteiger partial charge < -0.3 is 10.6 Å². The molecule has 2 atom stereocenters. The van der Waals surface area contributed by atoms with E-state index < -0.39 is 40.9 Å². The number of halogens is 6. The topological polar surface area (TPSA) is 61.4 Å². The van der Waals surface area contributed by atoms with Crippen LogP contribution in [0.15, 0.2) is 27.8 Å². The SMILES string of the molecule is CCCCCN(CCCCC)[C@@H]1CCCC[C@H]1Nc1c(NCc2cc(C(F)(F)F)cc(C(F)(F)F)c2)c(=O)c1=O. The first kappa shape index (κ1) is 32.0. The van der Waals surface area contributed by atoms with Gasteiger partial charge in [-0.25, -0.2) is 0 Å². The molecule has 3 rings (SSSR count). The third-order valence-electron chi connectivity index (χ3n) is 7.65. The van der Waals surface area contributed by atoms with Crippen molar-refractivity contribution in [3.8, 4) is 0 Å². The van der Waals surface area contributed by atoms with Gasteiger partial charge in [-0.2, -0.15) is 26.3 Å². The van der Waals surface area contributed by atoms with Crippen LogP contribution >= 0.6 is 0 Å². The van der Waals surface area contributed by atoms with Crippen molar-refractivity contribution in [2.24, 2.45) is 0 Å². The van der Waals surface area contributed by atoms with E-state index in [0.29, 0.717) is 12.1 Å². The van der Waals surface area contributed by atoms with Crippen LogP contribution in [-0.4, -0.2) is 30.1 Å². The molecule has 0 spiro atoms. The highest BCUT2D eigenvalue weighted by Gasteiger charge is 2.37. The van der Waals surface area contributed by atoms with E-state index in [-0.39, 0.29) is 35.1 Å². The summed E-state index contributed by atoms with van der Waals surface area (Å²) in [5.41, 5.74) is -4.75. The predicted molar refractivity (Wildman–Crippen MR) is 145 cm³/mol. The molecule has 2 N–H and O–H groups in total. The molecule has 224 valence electrons. The Morgan fingerprint density at radius 2 is 1.30 bits per heavy atom.